The molecule has 0 amide bonds. The van der Waals surface area contributed by atoms with Crippen LogP contribution in [0.4, 0.5) is 0 Å². The molecule has 0 fully saturated rings. The third-order valence-corrected chi connectivity index (χ3v) is 11.1. The minimum absolute atomic E-state index is 0.166. The highest BCUT2D eigenvalue weighted by Crippen LogP contribution is 2.45. The van der Waals surface area contributed by atoms with Crippen LogP contribution in [0.3, 0.4) is 0 Å². The number of hydrogen-bond acceptors (Lipinski definition) is 3. The highest BCUT2D eigenvalue weighted by molar-refractivity contribution is 6.74. The van der Waals surface area contributed by atoms with Crippen LogP contribution < -0.4 is 9.16 Å². The molecule has 28 heavy (non-hydrogen) atoms. The second-order valence-corrected chi connectivity index (χ2v) is 15.2. The first-order valence-corrected chi connectivity index (χ1v) is 13.7. The fraction of sp³-hybridized carbons (Fsp3) is 0.667. The summed E-state index contributed by atoms with van der Waals surface area (Å²) in [5.41, 5.74) is 4.49. The molecule has 1 aromatic rings. The van der Waals surface area contributed by atoms with Gasteiger partial charge >= 0.3 is 0 Å². The maximum absolute atomic E-state index is 6.69. The van der Waals surface area contributed by atoms with Crippen molar-refractivity contribution in [2.75, 3.05) is 20.2 Å². The molecule has 2 aliphatic heterocycles. The third-order valence-electron chi connectivity index (χ3n) is 6.77. The lowest BCUT2D eigenvalue weighted by Crippen LogP contribution is -2.44. The molecule has 1 atom stereocenters. The van der Waals surface area contributed by atoms with Gasteiger partial charge in [-0.3, -0.25) is 4.90 Å². The van der Waals surface area contributed by atoms with Crippen molar-refractivity contribution in [3.8, 4) is 11.5 Å². The Morgan fingerprint density at radius 3 is 2.50 bits per heavy atom. The van der Waals surface area contributed by atoms with Crippen molar-refractivity contribution >= 4 is 8.32 Å². The topological polar surface area (TPSA) is 21.7 Å². The van der Waals surface area contributed by atoms with Gasteiger partial charge in [0.05, 0.1) is 7.11 Å². The molecular weight excluding hydrogens is 362 g/mol. The van der Waals surface area contributed by atoms with E-state index in [1.165, 1.54) is 17.5 Å². The Kier molecular flexibility index (Phi) is 6.03. The van der Waals surface area contributed by atoms with Crippen molar-refractivity contribution < 1.29 is 9.16 Å². The van der Waals surface area contributed by atoms with Crippen molar-refractivity contribution in [1.82, 2.24) is 4.90 Å². The standard InChI is InChI=1S/C24H39NO2Si/c1-17(2)13-18-9-10-21-20-15-23(27-28(7,8)24(3,4)5)22(26-6)14-19(20)11-12-25(21)16-18/h9,14-15,17,21H,10-13,16H2,1-8H3. The van der Waals surface area contributed by atoms with Gasteiger partial charge in [-0.1, -0.05) is 46.3 Å². The summed E-state index contributed by atoms with van der Waals surface area (Å²) in [5.74, 6) is 2.56. The molecule has 2 heterocycles. The number of nitrogens with zero attached hydrogens (tertiary/aromatic N) is 1. The van der Waals surface area contributed by atoms with Gasteiger partial charge in [-0.25, -0.2) is 0 Å². The van der Waals surface area contributed by atoms with Gasteiger partial charge < -0.3 is 9.16 Å². The van der Waals surface area contributed by atoms with Gasteiger partial charge in [0.1, 0.15) is 5.75 Å². The summed E-state index contributed by atoms with van der Waals surface area (Å²) in [4.78, 5) is 2.67. The van der Waals surface area contributed by atoms with Crippen LogP contribution in [0.5, 0.6) is 11.5 Å². The summed E-state index contributed by atoms with van der Waals surface area (Å²) in [6.45, 7) is 18.4. The monoisotopic (exact) mass is 401 g/mol. The number of methoxy groups -OCH3 is 1. The average Bonchev–Trinajstić information content (AvgIpc) is 2.59. The van der Waals surface area contributed by atoms with Crippen molar-refractivity contribution in [3.63, 3.8) is 0 Å². The van der Waals surface area contributed by atoms with Gasteiger partial charge in [-0.2, -0.15) is 0 Å². The van der Waals surface area contributed by atoms with Gasteiger partial charge in [0, 0.05) is 19.1 Å². The number of hydrogen-bond donors (Lipinski definition) is 0. The molecule has 1 unspecified atom stereocenters. The Labute approximate surface area is 173 Å². The van der Waals surface area contributed by atoms with Gasteiger partial charge in [0.25, 0.3) is 8.32 Å². The fourth-order valence-corrected chi connectivity index (χ4v) is 5.19. The first-order valence-electron chi connectivity index (χ1n) is 10.8. The molecule has 0 bridgehead atoms. The van der Waals surface area contributed by atoms with E-state index in [1.807, 2.05) is 0 Å². The highest BCUT2D eigenvalue weighted by Gasteiger charge is 2.40. The molecule has 156 valence electrons. The molecule has 3 rings (SSSR count). The molecular formula is C24H39NO2Si. The lowest BCUT2D eigenvalue weighted by molar-refractivity contribution is 0.187. The molecule has 0 saturated carbocycles. The Balaban J connectivity index is 1.92. The van der Waals surface area contributed by atoms with Crippen molar-refractivity contribution in [1.29, 1.82) is 0 Å². The van der Waals surface area contributed by atoms with Gasteiger partial charge in [-0.05, 0) is 66.6 Å². The largest absolute Gasteiger partial charge is 0.541 e. The number of fused-ring (bicyclic) bond motifs is 3. The number of ether oxygens (including phenoxy) is 1. The van der Waals surface area contributed by atoms with Crippen molar-refractivity contribution in [2.45, 2.75) is 78.1 Å². The van der Waals surface area contributed by atoms with E-state index < -0.39 is 8.32 Å². The molecule has 0 saturated heterocycles. The second-order valence-electron chi connectivity index (χ2n) is 10.5. The molecule has 3 nitrogen and oxygen atoms in total. The van der Waals surface area contributed by atoms with Crippen LogP contribution >= 0.6 is 0 Å². The van der Waals surface area contributed by atoms with Crippen LogP contribution in [0.25, 0.3) is 0 Å². The summed E-state index contributed by atoms with van der Waals surface area (Å²) in [6, 6.07) is 5.02. The summed E-state index contributed by atoms with van der Waals surface area (Å²) in [6.07, 6.45) is 5.92. The SMILES string of the molecule is COc1cc2c(cc1O[Si](C)(C)C(C)(C)C)C1CC=C(CC(C)C)CN1CC2. The second kappa shape index (κ2) is 7.87. The van der Waals surface area contributed by atoms with Gasteiger partial charge in [0.2, 0.25) is 0 Å². The highest BCUT2D eigenvalue weighted by atomic mass is 28.4. The average molecular weight is 402 g/mol. The van der Waals surface area contributed by atoms with Crippen LogP contribution in [0.2, 0.25) is 18.1 Å². The van der Waals surface area contributed by atoms with Crippen molar-refractivity contribution in [2.24, 2.45) is 5.92 Å². The van der Waals surface area contributed by atoms with Crippen LogP contribution in [0, 0.1) is 5.92 Å². The zero-order chi connectivity index (χ0) is 20.7. The zero-order valence-electron chi connectivity index (χ0n) is 19.2. The van der Waals surface area contributed by atoms with Crippen molar-refractivity contribution in [3.05, 3.63) is 34.9 Å². The Morgan fingerprint density at radius 2 is 1.89 bits per heavy atom. The molecule has 2 aliphatic rings. The quantitative estimate of drug-likeness (QED) is 0.423. The lowest BCUT2D eigenvalue weighted by atomic mass is 9.86. The Morgan fingerprint density at radius 1 is 1.18 bits per heavy atom. The van der Waals surface area contributed by atoms with Gasteiger partial charge in [0.15, 0.2) is 5.75 Å². The Hall–Kier alpha value is -1.26. The predicted molar refractivity (Wildman–Crippen MR) is 121 cm³/mol. The normalized spacial score (nSPS) is 20.5. The molecule has 1 aromatic carbocycles. The maximum Gasteiger partial charge on any atom is 0.250 e. The van der Waals surface area contributed by atoms with E-state index in [9.17, 15) is 0 Å². The van der Waals surface area contributed by atoms with E-state index >= 15 is 0 Å². The first kappa shape index (κ1) is 21.4. The van der Waals surface area contributed by atoms with Crippen LogP contribution in [0.1, 0.15) is 64.6 Å². The lowest BCUT2D eigenvalue weighted by Gasteiger charge is -2.42. The number of rotatable bonds is 5. The van der Waals surface area contributed by atoms with E-state index in [0.29, 0.717) is 6.04 Å². The van der Waals surface area contributed by atoms with Gasteiger partial charge in [-0.15, -0.1) is 0 Å². The number of benzene rings is 1. The minimum atomic E-state index is -1.92. The Bertz CT molecular complexity index is 746. The molecule has 0 aliphatic carbocycles. The molecule has 0 aromatic heterocycles. The van der Waals surface area contributed by atoms with Crippen LogP contribution in [-0.4, -0.2) is 33.4 Å². The maximum atomic E-state index is 6.69. The zero-order valence-corrected chi connectivity index (χ0v) is 20.2. The van der Waals surface area contributed by atoms with E-state index in [1.54, 1.807) is 12.7 Å². The smallest absolute Gasteiger partial charge is 0.250 e. The third kappa shape index (κ3) is 4.33. The van der Waals surface area contributed by atoms with Crippen LogP contribution in [-0.2, 0) is 6.42 Å². The van der Waals surface area contributed by atoms with Crippen LogP contribution in [0.15, 0.2) is 23.8 Å². The summed E-state index contributed by atoms with van der Waals surface area (Å²) in [7, 11) is -0.156. The van der Waals surface area contributed by atoms with E-state index in [-0.39, 0.29) is 5.04 Å². The molecule has 4 heteroatoms. The molecule has 0 radical (unpaired) electrons. The molecule has 0 N–H and O–H groups in total. The fourth-order valence-electron chi connectivity index (χ4n) is 4.17. The first-order chi connectivity index (χ1) is 13.0. The predicted octanol–water partition coefficient (Wildman–Crippen LogP) is 6.35. The summed E-state index contributed by atoms with van der Waals surface area (Å²) in [5, 5.41) is 0.166. The van der Waals surface area contributed by atoms with E-state index in [2.05, 4.69) is 70.8 Å². The van der Waals surface area contributed by atoms with E-state index in [0.717, 1.165) is 43.3 Å². The minimum Gasteiger partial charge on any atom is -0.541 e. The summed E-state index contributed by atoms with van der Waals surface area (Å²) >= 11 is 0. The molecule has 0 spiro atoms. The summed E-state index contributed by atoms with van der Waals surface area (Å²) < 4.78 is 12.4. The van der Waals surface area contributed by atoms with E-state index in [4.69, 9.17) is 9.16 Å².